The van der Waals surface area contributed by atoms with Crippen molar-refractivity contribution in [1.29, 1.82) is 0 Å². The molecular formula is C8H16F2NSi. The van der Waals surface area contributed by atoms with Gasteiger partial charge in [0.2, 0.25) is 0 Å². The quantitative estimate of drug-likeness (QED) is 0.489. The Morgan fingerprint density at radius 2 is 1.50 bits per heavy atom. The highest BCUT2D eigenvalue weighted by molar-refractivity contribution is 6.49. The highest BCUT2D eigenvalue weighted by Gasteiger charge is 2.10. The second kappa shape index (κ2) is 5.30. The maximum atomic E-state index is 11.9. The molecule has 1 radical (unpaired) electrons. The summed E-state index contributed by atoms with van der Waals surface area (Å²) in [6.07, 6.45) is 1.52. The van der Waals surface area contributed by atoms with E-state index in [0.717, 1.165) is 5.70 Å². The van der Waals surface area contributed by atoms with Crippen LogP contribution in [-0.4, -0.2) is 26.4 Å². The lowest BCUT2D eigenvalue weighted by molar-refractivity contribution is 0.256. The van der Waals surface area contributed by atoms with Crippen molar-refractivity contribution >= 4 is 9.46 Å². The zero-order chi connectivity index (χ0) is 9.72. The number of rotatable bonds is 4. The summed E-state index contributed by atoms with van der Waals surface area (Å²) in [5.41, 5.74) is 1.02. The topological polar surface area (TPSA) is 3.24 Å². The molecule has 0 amide bonds. The van der Waals surface area contributed by atoms with Gasteiger partial charge in [0.05, 0.1) is 0 Å². The molecule has 0 saturated carbocycles. The van der Waals surface area contributed by atoms with Gasteiger partial charge in [-0.2, -0.15) is 0 Å². The van der Waals surface area contributed by atoms with Crippen molar-refractivity contribution in [2.24, 2.45) is 0 Å². The summed E-state index contributed by atoms with van der Waals surface area (Å²) in [7, 11) is -3.22. The van der Waals surface area contributed by atoms with Crippen molar-refractivity contribution in [1.82, 2.24) is 4.90 Å². The van der Waals surface area contributed by atoms with Crippen LogP contribution in [0, 0.1) is 0 Å². The van der Waals surface area contributed by atoms with E-state index in [1.807, 2.05) is 32.6 Å². The fourth-order valence-corrected chi connectivity index (χ4v) is 1.37. The van der Waals surface area contributed by atoms with Crippen LogP contribution in [0.4, 0.5) is 8.22 Å². The molecule has 0 spiro atoms. The Labute approximate surface area is 75.0 Å². The molecule has 0 rings (SSSR count). The van der Waals surface area contributed by atoms with Gasteiger partial charge in [-0.1, -0.05) is 0 Å². The minimum atomic E-state index is -3.22. The van der Waals surface area contributed by atoms with Gasteiger partial charge in [0.15, 0.2) is 0 Å². The Balaban J connectivity index is 4.14. The van der Waals surface area contributed by atoms with E-state index in [-0.39, 0.29) is 12.1 Å². The Morgan fingerprint density at radius 1 is 1.08 bits per heavy atom. The standard InChI is InChI=1S/C8H16F2NSi/c1-7(2)11(8(3)4)5-6-12(9)10/h5-8H,1-4H3. The third kappa shape index (κ3) is 4.49. The monoisotopic (exact) mass is 192 g/mol. The van der Waals surface area contributed by atoms with E-state index in [1.54, 1.807) is 0 Å². The summed E-state index contributed by atoms with van der Waals surface area (Å²) in [6, 6.07) is 0.560. The summed E-state index contributed by atoms with van der Waals surface area (Å²) in [5.74, 6) is 0. The van der Waals surface area contributed by atoms with Gasteiger partial charge >= 0.3 is 9.46 Å². The van der Waals surface area contributed by atoms with Gasteiger partial charge in [-0.05, 0) is 39.6 Å². The highest BCUT2D eigenvalue weighted by atomic mass is 28.4. The van der Waals surface area contributed by atoms with Gasteiger partial charge < -0.3 is 4.90 Å². The maximum Gasteiger partial charge on any atom is 0.505 e. The Kier molecular flexibility index (Phi) is 5.13. The molecule has 0 aromatic carbocycles. The minimum Gasteiger partial charge on any atom is -0.373 e. The summed E-state index contributed by atoms with van der Waals surface area (Å²) >= 11 is 0. The molecule has 0 atom stereocenters. The van der Waals surface area contributed by atoms with Gasteiger partial charge in [0, 0.05) is 12.1 Å². The molecule has 0 N–H and O–H groups in total. The Bertz CT molecular complexity index is 138. The van der Waals surface area contributed by atoms with Crippen molar-refractivity contribution in [3.8, 4) is 0 Å². The summed E-state index contributed by atoms with van der Waals surface area (Å²) < 4.78 is 23.8. The first-order chi connectivity index (χ1) is 5.45. The molecule has 1 nitrogen and oxygen atoms in total. The molecule has 71 valence electrons. The molecule has 0 aromatic rings. The van der Waals surface area contributed by atoms with E-state index in [4.69, 9.17) is 0 Å². The SMILES string of the molecule is CC(C)N(C=C[Si](F)F)C(C)C. The normalized spacial score (nSPS) is 12.4. The van der Waals surface area contributed by atoms with Crippen LogP contribution in [0.25, 0.3) is 0 Å². The lowest BCUT2D eigenvalue weighted by atomic mass is 10.2. The van der Waals surface area contributed by atoms with E-state index < -0.39 is 9.46 Å². The average molecular weight is 192 g/mol. The van der Waals surface area contributed by atoms with Crippen LogP contribution in [0.2, 0.25) is 0 Å². The molecule has 0 saturated heterocycles. The van der Waals surface area contributed by atoms with Crippen LogP contribution < -0.4 is 0 Å². The largest absolute Gasteiger partial charge is 0.505 e. The van der Waals surface area contributed by atoms with Crippen LogP contribution >= 0.6 is 0 Å². The third-order valence-corrected chi connectivity index (χ3v) is 1.97. The van der Waals surface area contributed by atoms with Gasteiger partial charge in [0.1, 0.15) is 0 Å². The molecule has 0 aromatic heterocycles. The molecule has 0 aliphatic carbocycles. The highest BCUT2D eigenvalue weighted by Crippen LogP contribution is 2.05. The second-order valence-corrected chi connectivity index (χ2v) is 4.15. The molecule has 0 heterocycles. The molecule has 0 aliphatic rings. The van der Waals surface area contributed by atoms with E-state index in [0.29, 0.717) is 0 Å². The van der Waals surface area contributed by atoms with E-state index in [9.17, 15) is 8.22 Å². The van der Waals surface area contributed by atoms with E-state index in [1.165, 1.54) is 6.20 Å². The van der Waals surface area contributed by atoms with Crippen LogP contribution in [0.1, 0.15) is 27.7 Å². The van der Waals surface area contributed by atoms with Crippen LogP contribution in [0.3, 0.4) is 0 Å². The summed E-state index contributed by atoms with van der Waals surface area (Å²) in [6.45, 7) is 7.97. The smallest absolute Gasteiger partial charge is 0.373 e. The van der Waals surface area contributed by atoms with Crippen molar-refractivity contribution in [3.05, 3.63) is 11.9 Å². The maximum absolute atomic E-state index is 11.9. The lowest BCUT2D eigenvalue weighted by Crippen LogP contribution is -2.32. The average Bonchev–Trinajstić information content (AvgIpc) is 1.84. The molecule has 0 aliphatic heterocycles. The van der Waals surface area contributed by atoms with E-state index >= 15 is 0 Å². The first-order valence-electron chi connectivity index (χ1n) is 4.08. The number of hydrogen-bond acceptors (Lipinski definition) is 1. The second-order valence-electron chi connectivity index (χ2n) is 3.24. The van der Waals surface area contributed by atoms with Gasteiger partial charge in [-0.3, -0.25) is 8.22 Å². The molecule has 12 heavy (non-hydrogen) atoms. The zero-order valence-corrected chi connectivity index (χ0v) is 9.01. The lowest BCUT2D eigenvalue weighted by Gasteiger charge is -2.29. The van der Waals surface area contributed by atoms with Gasteiger partial charge in [-0.15, -0.1) is 0 Å². The first-order valence-corrected chi connectivity index (χ1v) is 5.42. The van der Waals surface area contributed by atoms with Crippen LogP contribution in [0.15, 0.2) is 11.9 Å². The van der Waals surface area contributed by atoms with Gasteiger partial charge in [-0.25, -0.2) is 0 Å². The minimum absolute atomic E-state index is 0.280. The van der Waals surface area contributed by atoms with Crippen molar-refractivity contribution in [2.45, 2.75) is 39.8 Å². The van der Waals surface area contributed by atoms with Crippen LogP contribution in [0.5, 0.6) is 0 Å². The number of hydrogen-bond donors (Lipinski definition) is 0. The fraction of sp³-hybridized carbons (Fsp3) is 0.750. The predicted octanol–water partition coefficient (Wildman–Crippen LogP) is 2.59. The molecule has 0 fully saturated rings. The first kappa shape index (κ1) is 11.6. The number of halogens is 2. The Morgan fingerprint density at radius 3 is 1.75 bits per heavy atom. The van der Waals surface area contributed by atoms with Crippen LogP contribution in [-0.2, 0) is 0 Å². The fourth-order valence-electron chi connectivity index (χ4n) is 1.08. The molecule has 0 unspecified atom stereocenters. The van der Waals surface area contributed by atoms with Gasteiger partial charge in [0.25, 0.3) is 0 Å². The summed E-state index contributed by atoms with van der Waals surface area (Å²) in [4.78, 5) is 1.92. The Hall–Kier alpha value is -0.383. The van der Waals surface area contributed by atoms with Crippen molar-refractivity contribution < 1.29 is 8.22 Å². The van der Waals surface area contributed by atoms with Crippen molar-refractivity contribution in [3.63, 3.8) is 0 Å². The van der Waals surface area contributed by atoms with E-state index in [2.05, 4.69) is 0 Å². The zero-order valence-electron chi connectivity index (χ0n) is 8.01. The number of nitrogens with zero attached hydrogens (tertiary/aromatic N) is 1. The predicted molar refractivity (Wildman–Crippen MR) is 49.2 cm³/mol. The molecule has 0 bridgehead atoms. The summed E-state index contributed by atoms with van der Waals surface area (Å²) in [5, 5.41) is 0. The third-order valence-electron chi connectivity index (χ3n) is 1.57. The molecular weight excluding hydrogens is 176 g/mol. The molecule has 4 heteroatoms. The van der Waals surface area contributed by atoms with Crippen molar-refractivity contribution in [2.75, 3.05) is 0 Å².